The Bertz CT molecular complexity index is 1000. The van der Waals surface area contributed by atoms with Crippen LogP contribution in [0.25, 0.3) is 0 Å². The summed E-state index contributed by atoms with van der Waals surface area (Å²) in [4.78, 5) is 12.7. The first kappa shape index (κ1) is 25.7. The van der Waals surface area contributed by atoms with Gasteiger partial charge in [0.1, 0.15) is 16.4 Å². The van der Waals surface area contributed by atoms with Crippen molar-refractivity contribution in [2.45, 2.75) is 70.5 Å². The molecule has 0 saturated heterocycles. The highest BCUT2D eigenvalue weighted by molar-refractivity contribution is 7.89. The Hall–Kier alpha value is -2.58. The second kappa shape index (κ2) is 11.3. The zero-order valence-corrected chi connectivity index (χ0v) is 20.5. The highest BCUT2D eigenvalue weighted by Crippen LogP contribution is 2.25. The Kier molecular flexibility index (Phi) is 9.09. The molecular formula is C24H34N2O5S. The molecule has 1 unspecified atom stereocenters. The molecule has 0 saturated carbocycles. The number of ether oxygens (including phenoxy) is 2. The van der Waals surface area contributed by atoms with E-state index in [9.17, 15) is 13.2 Å². The molecule has 8 heteroatoms. The van der Waals surface area contributed by atoms with Gasteiger partial charge in [-0.25, -0.2) is 13.1 Å². The monoisotopic (exact) mass is 462 g/mol. The summed E-state index contributed by atoms with van der Waals surface area (Å²) in [5, 5.41) is 2.94. The maximum atomic E-state index is 12.7. The number of rotatable bonds is 11. The lowest BCUT2D eigenvalue weighted by molar-refractivity contribution is 0.0938. The van der Waals surface area contributed by atoms with E-state index >= 15 is 0 Å². The van der Waals surface area contributed by atoms with Crippen LogP contribution < -0.4 is 19.5 Å². The largest absolute Gasteiger partial charge is 0.495 e. The first-order valence-electron chi connectivity index (χ1n) is 10.8. The van der Waals surface area contributed by atoms with E-state index < -0.39 is 10.0 Å². The normalized spacial score (nSPS) is 12.6. The fraction of sp³-hybridized carbons (Fsp3) is 0.458. The van der Waals surface area contributed by atoms with Crippen LogP contribution in [0, 0.1) is 0 Å². The Labute approximate surface area is 191 Å². The second-order valence-corrected chi connectivity index (χ2v) is 10.0. The summed E-state index contributed by atoms with van der Waals surface area (Å²) >= 11 is 0. The average Bonchev–Trinajstić information content (AvgIpc) is 2.71. The molecule has 0 bridgehead atoms. The van der Waals surface area contributed by atoms with Crippen LogP contribution in [0.15, 0.2) is 47.4 Å². The van der Waals surface area contributed by atoms with E-state index in [0.29, 0.717) is 0 Å². The molecule has 176 valence electrons. The Morgan fingerprint density at radius 1 is 1.00 bits per heavy atom. The standard InChI is InChI=1S/C24H34N2O5S/c1-16(2)26-32(28,29)23-15-20(11-14-22(23)30-6)24(27)25-18(5)7-8-19-9-12-21(13-10-19)31-17(3)4/h9-18,26H,7-8H2,1-6H3,(H,25,27). The molecule has 0 aromatic heterocycles. The van der Waals surface area contributed by atoms with Crippen molar-refractivity contribution in [3.63, 3.8) is 0 Å². The number of carbonyl (C=O) groups is 1. The molecule has 0 spiro atoms. The van der Waals surface area contributed by atoms with Crippen LogP contribution in [0.5, 0.6) is 11.5 Å². The van der Waals surface area contributed by atoms with Gasteiger partial charge in [0.25, 0.3) is 5.91 Å². The van der Waals surface area contributed by atoms with E-state index in [1.165, 1.54) is 19.2 Å². The number of benzene rings is 2. The third kappa shape index (κ3) is 7.53. The number of carbonyl (C=O) groups excluding carboxylic acids is 1. The van der Waals surface area contributed by atoms with Crippen molar-refractivity contribution in [2.24, 2.45) is 0 Å². The minimum atomic E-state index is -3.81. The highest BCUT2D eigenvalue weighted by Gasteiger charge is 2.23. The number of hydrogen-bond acceptors (Lipinski definition) is 5. The van der Waals surface area contributed by atoms with Crippen LogP contribution in [0.1, 0.15) is 57.0 Å². The van der Waals surface area contributed by atoms with E-state index in [1.54, 1.807) is 19.9 Å². The maximum absolute atomic E-state index is 12.7. The van der Waals surface area contributed by atoms with Gasteiger partial charge in [-0.3, -0.25) is 4.79 Å². The van der Waals surface area contributed by atoms with E-state index in [0.717, 1.165) is 24.2 Å². The van der Waals surface area contributed by atoms with E-state index in [1.807, 2.05) is 45.0 Å². The lowest BCUT2D eigenvalue weighted by Crippen LogP contribution is -2.33. The minimum absolute atomic E-state index is 0.0577. The second-order valence-electron chi connectivity index (χ2n) is 8.37. The topological polar surface area (TPSA) is 93.7 Å². The molecule has 2 aromatic carbocycles. The van der Waals surface area contributed by atoms with Crippen LogP contribution in [0.4, 0.5) is 0 Å². The predicted octanol–water partition coefficient (Wildman–Crippen LogP) is 3.92. The third-order valence-corrected chi connectivity index (χ3v) is 6.32. The molecule has 0 aliphatic heterocycles. The van der Waals surface area contributed by atoms with Crippen LogP contribution in [0.2, 0.25) is 0 Å². The Morgan fingerprint density at radius 3 is 2.22 bits per heavy atom. The third-order valence-electron chi connectivity index (χ3n) is 4.64. The van der Waals surface area contributed by atoms with Gasteiger partial charge < -0.3 is 14.8 Å². The summed E-state index contributed by atoms with van der Waals surface area (Å²) < 4.78 is 38.6. The molecular weight excluding hydrogens is 428 g/mol. The molecule has 1 atom stereocenters. The fourth-order valence-corrected chi connectivity index (χ4v) is 4.62. The molecule has 0 radical (unpaired) electrons. The molecule has 0 aliphatic carbocycles. The summed E-state index contributed by atoms with van der Waals surface area (Å²) in [6.45, 7) is 9.36. The van der Waals surface area contributed by atoms with Crippen molar-refractivity contribution < 1.29 is 22.7 Å². The van der Waals surface area contributed by atoms with Crippen molar-refractivity contribution in [2.75, 3.05) is 7.11 Å². The van der Waals surface area contributed by atoms with Gasteiger partial charge in [-0.15, -0.1) is 0 Å². The molecule has 2 rings (SSSR count). The van der Waals surface area contributed by atoms with E-state index in [2.05, 4.69) is 10.0 Å². The van der Waals surface area contributed by atoms with Gasteiger partial charge in [0, 0.05) is 17.6 Å². The Balaban J connectivity index is 2.03. The molecule has 7 nitrogen and oxygen atoms in total. The molecule has 0 heterocycles. The van der Waals surface area contributed by atoms with Crippen molar-refractivity contribution in [1.82, 2.24) is 10.0 Å². The SMILES string of the molecule is COc1ccc(C(=O)NC(C)CCc2ccc(OC(C)C)cc2)cc1S(=O)(=O)NC(C)C. The molecule has 2 N–H and O–H groups in total. The summed E-state index contributed by atoms with van der Waals surface area (Å²) in [6, 6.07) is 12.0. The summed E-state index contributed by atoms with van der Waals surface area (Å²) in [7, 11) is -2.41. The summed E-state index contributed by atoms with van der Waals surface area (Å²) in [5.41, 5.74) is 1.41. The first-order valence-corrected chi connectivity index (χ1v) is 12.3. The summed E-state index contributed by atoms with van der Waals surface area (Å²) in [5.74, 6) is 0.691. The van der Waals surface area contributed by atoms with Gasteiger partial charge in [0.05, 0.1) is 13.2 Å². The number of nitrogens with one attached hydrogen (secondary N) is 2. The van der Waals surface area contributed by atoms with E-state index in [-0.39, 0.29) is 40.3 Å². The smallest absolute Gasteiger partial charge is 0.251 e. The minimum Gasteiger partial charge on any atom is -0.495 e. The van der Waals surface area contributed by atoms with Gasteiger partial charge in [-0.1, -0.05) is 12.1 Å². The quantitative estimate of drug-likeness (QED) is 0.528. The first-order chi connectivity index (χ1) is 15.0. The van der Waals surface area contributed by atoms with Crippen LogP contribution >= 0.6 is 0 Å². The molecule has 32 heavy (non-hydrogen) atoms. The molecule has 0 fully saturated rings. The lowest BCUT2D eigenvalue weighted by Gasteiger charge is -2.16. The van der Waals surface area contributed by atoms with E-state index in [4.69, 9.17) is 9.47 Å². The highest BCUT2D eigenvalue weighted by atomic mass is 32.2. The number of aryl methyl sites for hydroxylation is 1. The van der Waals surface area contributed by atoms with Crippen LogP contribution in [-0.4, -0.2) is 39.6 Å². The number of amides is 1. The molecule has 0 aliphatic rings. The molecule has 1 amide bonds. The average molecular weight is 463 g/mol. The number of methoxy groups -OCH3 is 1. The lowest BCUT2D eigenvalue weighted by atomic mass is 10.1. The fourth-order valence-electron chi connectivity index (χ4n) is 3.17. The van der Waals surface area contributed by atoms with Gasteiger partial charge in [0.15, 0.2) is 0 Å². The maximum Gasteiger partial charge on any atom is 0.251 e. The predicted molar refractivity (Wildman–Crippen MR) is 126 cm³/mol. The van der Waals surface area contributed by atoms with Gasteiger partial charge in [-0.2, -0.15) is 0 Å². The van der Waals surface area contributed by atoms with Gasteiger partial charge >= 0.3 is 0 Å². The van der Waals surface area contributed by atoms with Crippen molar-refractivity contribution in [1.29, 1.82) is 0 Å². The van der Waals surface area contributed by atoms with Crippen LogP contribution in [-0.2, 0) is 16.4 Å². The van der Waals surface area contributed by atoms with Gasteiger partial charge in [0.2, 0.25) is 10.0 Å². The van der Waals surface area contributed by atoms with Crippen molar-refractivity contribution >= 4 is 15.9 Å². The Morgan fingerprint density at radius 2 is 1.66 bits per heavy atom. The van der Waals surface area contributed by atoms with Crippen molar-refractivity contribution in [3.8, 4) is 11.5 Å². The number of hydrogen-bond donors (Lipinski definition) is 2. The van der Waals surface area contributed by atoms with Crippen molar-refractivity contribution in [3.05, 3.63) is 53.6 Å². The number of sulfonamides is 1. The van der Waals surface area contributed by atoms with Gasteiger partial charge in [-0.05, 0) is 83.4 Å². The summed E-state index contributed by atoms with van der Waals surface area (Å²) in [6.07, 6.45) is 1.67. The zero-order chi connectivity index (χ0) is 23.9. The molecule has 2 aromatic rings. The van der Waals surface area contributed by atoms with Crippen LogP contribution in [0.3, 0.4) is 0 Å². The zero-order valence-electron chi connectivity index (χ0n) is 19.6.